The lowest BCUT2D eigenvalue weighted by Gasteiger charge is -2.23. The molecule has 0 aromatic rings. The first kappa shape index (κ1) is 18.7. The monoisotopic (exact) mass is 240 g/mol. The fourth-order valence-electron chi connectivity index (χ4n) is 1.42. The van der Waals surface area contributed by atoms with Gasteiger partial charge in [0.2, 0.25) is 0 Å². The van der Waals surface area contributed by atoms with E-state index in [1.807, 2.05) is 27.0 Å². The lowest BCUT2D eigenvalue weighted by Crippen LogP contribution is -2.26. The summed E-state index contributed by atoms with van der Waals surface area (Å²) in [5.41, 5.74) is 2.70. The normalized spacial score (nSPS) is 16.2. The highest BCUT2D eigenvalue weighted by Gasteiger charge is 2.10. The average molecular weight is 240 g/mol. The first-order valence-electron chi connectivity index (χ1n) is 7.01. The van der Waals surface area contributed by atoms with Crippen molar-refractivity contribution in [2.24, 2.45) is 4.99 Å². The molecule has 0 spiro atoms. The van der Waals surface area contributed by atoms with E-state index in [1.54, 1.807) is 0 Å². The topological polar surface area (TPSA) is 15.6 Å². The summed E-state index contributed by atoms with van der Waals surface area (Å²) < 4.78 is 0. The van der Waals surface area contributed by atoms with Crippen molar-refractivity contribution >= 4 is 6.21 Å². The maximum absolute atomic E-state index is 4.33. The summed E-state index contributed by atoms with van der Waals surface area (Å²) in [6.07, 6.45) is 5.62. The summed E-state index contributed by atoms with van der Waals surface area (Å²) in [6.45, 7) is 14.7. The highest BCUT2D eigenvalue weighted by molar-refractivity contribution is 5.55. The molecule has 0 aromatic carbocycles. The van der Waals surface area contributed by atoms with Crippen LogP contribution in [0.25, 0.3) is 0 Å². The number of hydrogen-bond acceptors (Lipinski definition) is 2. The van der Waals surface area contributed by atoms with Crippen LogP contribution in [0.3, 0.4) is 0 Å². The molecule has 0 aliphatic carbocycles. The first-order valence-corrected chi connectivity index (χ1v) is 7.01. The van der Waals surface area contributed by atoms with E-state index in [-0.39, 0.29) is 0 Å². The van der Waals surface area contributed by atoms with Gasteiger partial charge < -0.3 is 4.90 Å². The second kappa shape index (κ2) is 13.4. The Bertz CT molecular complexity index is 215. The molecular formula is C15H32N2. The van der Waals surface area contributed by atoms with Crippen LogP contribution in [-0.2, 0) is 0 Å². The molecule has 0 bridgehead atoms. The Kier molecular flexibility index (Phi) is 14.8. The first-order chi connectivity index (χ1) is 8.15. The van der Waals surface area contributed by atoms with E-state index in [4.69, 9.17) is 0 Å². The number of unbranched alkanes of at least 4 members (excludes halogenated alkanes) is 1. The molecular weight excluding hydrogens is 208 g/mol. The fourth-order valence-corrected chi connectivity index (χ4v) is 1.42. The summed E-state index contributed by atoms with van der Waals surface area (Å²) >= 11 is 0. The van der Waals surface area contributed by atoms with Gasteiger partial charge in [-0.3, -0.25) is 4.99 Å². The van der Waals surface area contributed by atoms with Crippen molar-refractivity contribution in [2.75, 3.05) is 20.1 Å². The van der Waals surface area contributed by atoms with Gasteiger partial charge in [0.25, 0.3) is 0 Å². The van der Waals surface area contributed by atoms with Crippen LogP contribution in [0.1, 0.15) is 60.8 Å². The minimum Gasteiger partial charge on any atom is -0.302 e. The number of nitrogens with zero attached hydrogens (tertiary/aromatic N) is 2. The molecule has 0 unspecified atom stereocenters. The summed E-state index contributed by atoms with van der Waals surface area (Å²) in [7, 11) is 2.15. The Morgan fingerprint density at radius 1 is 1.24 bits per heavy atom. The molecule has 0 N–H and O–H groups in total. The zero-order valence-electron chi connectivity index (χ0n) is 13.0. The molecule has 0 saturated heterocycles. The van der Waals surface area contributed by atoms with Gasteiger partial charge in [0, 0.05) is 31.4 Å². The van der Waals surface area contributed by atoms with Crippen LogP contribution in [0, 0.1) is 0 Å². The van der Waals surface area contributed by atoms with Crippen molar-refractivity contribution in [1.29, 1.82) is 0 Å². The van der Waals surface area contributed by atoms with E-state index >= 15 is 0 Å². The van der Waals surface area contributed by atoms with Crippen LogP contribution in [0.5, 0.6) is 0 Å². The van der Waals surface area contributed by atoms with Crippen molar-refractivity contribution in [3.05, 3.63) is 11.3 Å². The second-order valence-corrected chi connectivity index (χ2v) is 4.10. The zero-order valence-corrected chi connectivity index (χ0v) is 13.0. The highest BCUT2D eigenvalue weighted by atomic mass is 15.1. The molecule has 0 amide bonds. The molecule has 0 radical (unpaired) electrons. The minimum atomic E-state index is 1.08. The standard InChI is InChI=1S/C9H16N2.C4H10.C2H6/c1-4-10-9-5-6-11(3)7-8(9)2;1-3-4-2;1-2/h4H,5-7H2,1-3H3;3-4H2,1-2H3;1-2H3. The highest BCUT2D eigenvalue weighted by Crippen LogP contribution is 2.16. The lowest BCUT2D eigenvalue weighted by molar-refractivity contribution is 0.347. The summed E-state index contributed by atoms with van der Waals surface area (Å²) in [4.78, 5) is 6.65. The Morgan fingerprint density at radius 2 is 1.76 bits per heavy atom. The van der Waals surface area contributed by atoms with Gasteiger partial charge in [-0.25, -0.2) is 0 Å². The van der Waals surface area contributed by atoms with E-state index in [9.17, 15) is 0 Å². The van der Waals surface area contributed by atoms with Gasteiger partial charge in [-0.2, -0.15) is 0 Å². The maximum Gasteiger partial charge on any atom is 0.0414 e. The maximum atomic E-state index is 4.33. The van der Waals surface area contributed by atoms with Crippen LogP contribution in [0.15, 0.2) is 16.3 Å². The van der Waals surface area contributed by atoms with E-state index in [0.717, 1.165) is 19.5 Å². The van der Waals surface area contributed by atoms with E-state index in [0.29, 0.717) is 0 Å². The van der Waals surface area contributed by atoms with Gasteiger partial charge in [0.15, 0.2) is 0 Å². The number of hydrogen-bond donors (Lipinski definition) is 0. The third-order valence-electron chi connectivity index (χ3n) is 2.51. The van der Waals surface area contributed by atoms with Crippen LogP contribution >= 0.6 is 0 Å². The summed E-state index contributed by atoms with van der Waals surface area (Å²) in [5.74, 6) is 0. The molecule has 0 aromatic heterocycles. The number of likely N-dealkylation sites (N-methyl/N-ethyl adjacent to an activating group) is 1. The van der Waals surface area contributed by atoms with Crippen molar-refractivity contribution in [2.45, 2.75) is 60.8 Å². The third-order valence-corrected chi connectivity index (χ3v) is 2.51. The summed E-state index contributed by atoms with van der Waals surface area (Å²) in [5, 5.41) is 0. The van der Waals surface area contributed by atoms with Gasteiger partial charge in [-0.05, 0) is 26.5 Å². The minimum absolute atomic E-state index is 1.08. The van der Waals surface area contributed by atoms with Crippen molar-refractivity contribution < 1.29 is 0 Å². The molecule has 0 atom stereocenters. The smallest absolute Gasteiger partial charge is 0.0414 e. The zero-order chi connectivity index (χ0) is 13.7. The Morgan fingerprint density at radius 3 is 2.12 bits per heavy atom. The molecule has 1 heterocycles. The predicted octanol–water partition coefficient (Wildman–Crippen LogP) is 4.52. The molecule has 0 fully saturated rings. The lowest BCUT2D eigenvalue weighted by atomic mass is 10.1. The van der Waals surface area contributed by atoms with Gasteiger partial charge in [-0.1, -0.05) is 40.5 Å². The fraction of sp³-hybridized carbons (Fsp3) is 0.800. The molecule has 0 saturated carbocycles. The molecule has 1 aliphatic rings. The van der Waals surface area contributed by atoms with Crippen LogP contribution in [0.2, 0.25) is 0 Å². The third kappa shape index (κ3) is 10.3. The van der Waals surface area contributed by atoms with E-state index < -0.39 is 0 Å². The van der Waals surface area contributed by atoms with Crippen molar-refractivity contribution in [1.82, 2.24) is 4.90 Å². The van der Waals surface area contributed by atoms with E-state index in [2.05, 4.69) is 37.7 Å². The SMILES string of the molecule is CC.CC=NC1=C(C)CN(C)CC1.CCCC. The molecule has 1 rings (SSSR count). The predicted molar refractivity (Wildman–Crippen MR) is 80.9 cm³/mol. The van der Waals surface area contributed by atoms with Crippen molar-refractivity contribution in [3.63, 3.8) is 0 Å². The molecule has 17 heavy (non-hydrogen) atoms. The number of aliphatic imine (C=N–C) groups is 1. The van der Waals surface area contributed by atoms with Gasteiger partial charge in [-0.15, -0.1) is 0 Å². The van der Waals surface area contributed by atoms with Crippen molar-refractivity contribution in [3.8, 4) is 0 Å². The molecule has 102 valence electrons. The average Bonchev–Trinajstić information content (AvgIpc) is 2.36. The quantitative estimate of drug-likeness (QED) is 0.648. The molecule has 2 nitrogen and oxygen atoms in total. The van der Waals surface area contributed by atoms with Gasteiger partial charge >= 0.3 is 0 Å². The van der Waals surface area contributed by atoms with Gasteiger partial charge in [0.1, 0.15) is 0 Å². The number of rotatable bonds is 2. The van der Waals surface area contributed by atoms with Crippen LogP contribution in [0.4, 0.5) is 0 Å². The largest absolute Gasteiger partial charge is 0.302 e. The summed E-state index contributed by atoms with van der Waals surface area (Å²) in [6, 6.07) is 0. The van der Waals surface area contributed by atoms with Crippen LogP contribution in [-0.4, -0.2) is 31.3 Å². The molecule has 1 aliphatic heterocycles. The Balaban J connectivity index is 0. The van der Waals surface area contributed by atoms with Gasteiger partial charge in [0.05, 0.1) is 0 Å². The molecule has 2 heteroatoms. The second-order valence-electron chi connectivity index (χ2n) is 4.10. The van der Waals surface area contributed by atoms with Crippen LogP contribution < -0.4 is 0 Å². The Hall–Kier alpha value is -0.630. The van der Waals surface area contributed by atoms with E-state index in [1.165, 1.54) is 24.1 Å². The Labute approximate surface area is 109 Å².